The van der Waals surface area contributed by atoms with Crippen molar-refractivity contribution in [2.24, 2.45) is 0 Å². The number of rotatable bonds is 3. The number of carbonyl (C=O) groups excluding carboxylic acids is 2. The highest BCUT2D eigenvalue weighted by Crippen LogP contribution is 2.30. The summed E-state index contributed by atoms with van der Waals surface area (Å²) in [6.07, 6.45) is 1.90. The SMILES string of the molecule is CCC1(CC)NC(=O)C(C)(CC)N(C)C1=O. The van der Waals surface area contributed by atoms with Crippen molar-refractivity contribution >= 4 is 11.8 Å². The highest BCUT2D eigenvalue weighted by Gasteiger charge is 2.52. The van der Waals surface area contributed by atoms with Crippen LogP contribution in [0.1, 0.15) is 47.0 Å². The molecule has 0 aromatic heterocycles. The third-order valence-electron chi connectivity index (χ3n) is 4.19. The van der Waals surface area contributed by atoms with E-state index in [-0.39, 0.29) is 11.8 Å². The first-order chi connectivity index (χ1) is 7.38. The molecule has 1 heterocycles. The zero-order valence-corrected chi connectivity index (χ0v) is 10.9. The van der Waals surface area contributed by atoms with Crippen LogP contribution in [0.2, 0.25) is 0 Å². The molecule has 16 heavy (non-hydrogen) atoms. The molecule has 92 valence electrons. The lowest BCUT2D eigenvalue weighted by Crippen LogP contribution is -2.73. The van der Waals surface area contributed by atoms with E-state index in [1.807, 2.05) is 27.7 Å². The van der Waals surface area contributed by atoms with Crippen LogP contribution in [0.3, 0.4) is 0 Å². The lowest BCUT2D eigenvalue weighted by molar-refractivity contribution is -0.160. The number of carbonyl (C=O) groups is 2. The van der Waals surface area contributed by atoms with E-state index in [2.05, 4.69) is 5.32 Å². The minimum Gasteiger partial charge on any atom is -0.340 e. The molecule has 1 atom stereocenters. The van der Waals surface area contributed by atoms with Crippen molar-refractivity contribution in [3.05, 3.63) is 0 Å². The molecule has 1 aliphatic heterocycles. The number of likely N-dealkylation sites (N-methyl/N-ethyl adjacent to an activating group) is 1. The number of nitrogens with zero attached hydrogens (tertiary/aromatic N) is 1. The summed E-state index contributed by atoms with van der Waals surface area (Å²) in [4.78, 5) is 26.1. The highest BCUT2D eigenvalue weighted by molar-refractivity contribution is 6.01. The van der Waals surface area contributed by atoms with Crippen molar-refractivity contribution in [2.75, 3.05) is 7.05 Å². The maximum Gasteiger partial charge on any atom is 0.248 e. The molecule has 1 fully saturated rings. The second kappa shape index (κ2) is 4.07. The molecule has 4 heteroatoms. The third kappa shape index (κ3) is 1.51. The Bertz CT molecular complexity index is 310. The zero-order chi connectivity index (χ0) is 12.6. The molecule has 0 bridgehead atoms. The molecule has 0 radical (unpaired) electrons. The smallest absolute Gasteiger partial charge is 0.248 e. The van der Waals surface area contributed by atoms with Crippen molar-refractivity contribution in [3.8, 4) is 0 Å². The monoisotopic (exact) mass is 226 g/mol. The molecule has 1 saturated heterocycles. The Labute approximate surface area is 97.4 Å². The minimum atomic E-state index is -0.703. The van der Waals surface area contributed by atoms with Gasteiger partial charge in [-0.25, -0.2) is 0 Å². The van der Waals surface area contributed by atoms with Crippen LogP contribution in [0.4, 0.5) is 0 Å². The van der Waals surface area contributed by atoms with Gasteiger partial charge >= 0.3 is 0 Å². The summed E-state index contributed by atoms with van der Waals surface area (Å²) in [5.74, 6) is -0.0118. The molecule has 2 amide bonds. The highest BCUT2D eigenvalue weighted by atomic mass is 16.2. The second-order valence-corrected chi connectivity index (χ2v) is 4.73. The number of hydrogen-bond donors (Lipinski definition) is 1. The summed E-state index contributed by atoms with van der Waals surface area (Å²) in [6.45, 7) is 7.61. The molecule has 1 N–H and O–H groups in total. The van der Waals surface area contributed by atoms with Crippen molar-refractivity contribution in [1.82, 2.24) is 10.2 Å². The van der Waals surface area contributed by atoms with Gasteiger partial charge in [0.25, 0.3) is 0 Å². The summed E-state index contributed by atoms with van der Waals surface area (Å²) >= 11 is 0. The van der Waals surface area contributed by atoms with Gasteiger partial charge in [0.15, 0.2) is 0 Å². The van der Waals surface area contributed by atoms with Crippen LogP contribution in [0.25, 0.3) is 0 Å². The van der Waals surface area contributed by atoms with Gasteiger partial charge in [-0.3, -0.25) is 9.59 Å². The van der Waals surface area contributed by atoms with Gasteiger partial charge in [-0.15, -0.1) is 0 Å². The Kier molecular flexibility index (Phi) is 3.31. The van der Waals surface area contributed by atoms with E-state index in [4.69, 9.17) is 0 Å². The van der Waals surface area contributed by atoms with Crippen molar-refractivity contribution in [1.29, 1.82) is 0 Å². The van der Waals surface area contributed by atoms with E-state index in [1.165, 1.54) is 0 Å². The Hall–Kier alpha value is -1.06. The van der Waals surface area contributed by atoms with Gasteiger partial charge in [0.2, 0.25) is 11.8 Å². The molecule has 0 aromatic carbocycles. The van der Waals surface area contributed by atoms with E-state index in [0.717, 1.165) is 0 Å². The van der Waals surface area contributed by atoms with Gasteiger partial charge < -0.3 is 10.2 Å². The molecular formula is C12H22N2O2. The van der Waals surface area contributed by atoms with E-state index in [0.29, 0.717) is 19.3 Å². The van der Waals surface area contributed by atoms with Crippen LogP contribution >= 0.6 is 0 Å². The van der Waals surface area contributed by atoms with Crippen molar-refractivity contribution in [2.45, 2.75) is 58.0 Å². The van der Waals surface area contributed by atoms with Gasteiger partial charge in [0.05, 0.1) is 0 Å². The topological polar surface area (TPSA) is 49.4 Å². The van der Waals surface area contributed by atoms with Gasteiger partial charge in [0.1, 0.15) is 11.1 Å². The Morgan fingerprint density at radius 1 is 1.12 bits per heavy atom. The van der Waals surface area contributed by atoms with Gasteiger partial charge in [-0.2, -0.15) is 0 Å². The maximum atomic E-state index is 12.3. The molecule has 4 nitrogen and oxygen atoms in total. The van der Waals surface area contributed by atoms with Crippen molar-refractivity contribution in [3.63, 3.8) is 0 Å². The maximum absolute atomic E-state index is 12.3. The normalized spacial score (nSPS) is 29.2. The first-order valence-electron chi connectivity index (χ1n) is 5.98. The van der Waals surface area contributed by atoms with E-state index < -0.39 is 11.1 Å². The number of amides is 2. The van der Waals surface area contributed by atoms with E-state index >= 15 is 0 Å². The predicted octanol–water partition coefficient (Wildman–Crippen LogP) is 1.30. The largest absolute Gasteiger partial charge is 0.340 e. The van der Waals surface area contributed by atoms with Crippen LogP contribution in [-0.2, 0) is 9.59 Å². The summed E-state index contributed by atoms with van der Waals surface area (Å²) in [6, 6.07) is 0. The number of nitrogens with one attached hydrogen (secondary N) is 1. The van der Waals surface area contributed by atoms with Gasteiger partial charge in [-0.1, -0.05) is 20.8 Å². The van der Waals surface area contributed by atoms with Crippen LogP contribution < -0.4 is 5.32 Å². The van der Waals surface area contributed by atoms with Gasteiger partial charge in [-0.05, 0) is 26.2 Å². The molecule has 1 rings (SSSR count). The van der Waals surface area contributed by atoms with Crippen molar-refractivity contribution < 1.29 is 9.59 Å². The summed E-state index contributed by atoms with van der Waals surface area (Å²) < 4.78 is 0. The molecule has 0 spiro atoms. The van der Waals surface area contributed by atoms with Crippen LogP contribution in [-0.4, -0.2) is 34.8 Å². The lowest BCUT2D eigenvalue weighted by atomic mass is 9.82. The summed E-state index contributed by atoms with van der Waals surface area (Å²) in [7, 11) is 1.73. The predicted molar refractivity (Wildman–Crippen MR) is 62.9 cm³/mol. The fraction of sp³-hybridized carbons (Fsp3) is 0.833. The number of hydrogen-bond acceptors (Lipinski definition) is 2. The molecule has 1 unspecified atom stereocenters. The average Bonchev–Trinajstić information content (AvgIpc) is 2.31. The Morgan fingerprint density at radius 3 is 2.00 bits per heavy atom. The Morgan fingerprint density at radius 2 is 1.62 bits per heavy atom. The molecular weight excluding hydrogens is 204 g/mol. The summed E-state index contributed by atoms with van der Waals surface area (Å²) in [5.41, 5.74) is -1.40. The summed E-state index contributed by atoms with van der Waals surface area (Å²) in [5, 5.41) is 2.92. The van der Waals surface area contributed by atoms with Gasteiger partial charge in [0, 0.05) is 7.05 Å². The van der Waals surface area contributed by atoms with E-state index in [9.17, 15) is 9.59 Å². The first kappa shape index (κ1) is 13.0. The molecule has 1 aliphatic rings. The fourth-order valence-electron chi connectivity index (χ4n) is 2.23. The van der Waals surface area contributed by atoms with Crippen LogP contribution in [0, 0.1) is 0 Å². The second-order valence-electron chi connectivity index (χ2n) is 4.73. The quantitative estimate of drug-likeness (QED) is 0.788. The standard InChI is InChI=1S/C12H22N2O2/c1-6-11(4)9(15)13-12(7-2,8-3)10(16)14(11)5/h6-8H2,1-5H3,(H,13,15). The first-order valence-corrected chi connectivity index (χ1v) is 5.98. The van der Waals surface area contributed by atoms with Crippen LogP contribution in [0.15, 0.2) is 0 Å². The average molecular weight is 226 g/mol. The number of piperazine rings is 1. The third-order valence-corrected chi connectivity index (χ3v) is 4.19. The minimum absolute atomic E-state index is 0.0291. The molecule has 0 aliphatic carbocycles. The molecule has 0 aromatic rings. The molecule has 0 saturated carbocycles. The fourth-order valence-corrected chi connectivity index (χ4v) is 2.23. The lowest BCUT2D eigenvalue weighted by Gasteiger charge is -2.49. The van der Waals surface area contributed by atoms with E-state index in [1.54, 1.807) is 11.9 Å². The zero-order valence-electron chi connectivity index (χ0n) is 10.9. The Balaban J connectivity index is 3.14. The van der Waals surface area contributed by atoms with Crippen LogP contribution in [0.5, 0.6) is 0 Å².